The second-order valence-electron chi connectivity index (χ2n) is 10.4. The van der Waals surface area contributed by atoms with Gasteiger partial charge in [0, 0.05) is 12.1 Å². The van der Waals surface area contributed by atoms with Gasteiger partial charge in [-0.1, -0.05) is 72.8 Å². The van der Waals surface area contributed by atoms with Crippen molar-refractivity contribution in [1.29, 1.82) is 0 Å². The summed E-state index contributed by atoms with van der Waals surface area (Å²) >= 11 is 0. The summed E-state index contributed by atoms with van der Waals surface area (Å²) in [6, 6.07) is 28.8. The molecule has 41 heavy (non-hydrogen) atoms. The second-order valence-corrected chi connectivity index (χ2v) is 10.4. The number of ether oxygens (including phenoxy) is 1. The third-order valence-corrected chi connectivity index (χ3v) is 8.59. The topological polar surface area (TPSA) is 108 Å². The van der Waals surface area contributed by atoms with Gasteiger partial charge in [0.2, 0.25) is 11.8 Å². The summed E-state index contributed by atoms with van der Waals surface area (Å²) in [6.45, 7) is 0. The van der Waals surface area contributed by atoms with Crippen LogP contribution in [-0.4, -0.2) is 36.2 Å². The molecule has 0 aromatic heterocycles. The Kier molecular flexibility index (Phi) is 5.54. The van der Waals surface area contributed by atoms with Gasteiger partial charge >= 0.3 is 0 Å². The van der Waals surface area contributed by atoms with Crippen molar-refractivity contribution >= 4 is 29.6 Å². The maximum Gasteiger partial charge on any atom is 0.275 e. The molecule has 2 N–H and O–H groups in total. The molecule has 2 bridgehead atoms. The van der Waals surface area contributed by atoms with Crippen molar-refractivity contribution in [2.75, 3.05) is 12.0 Å². The first-order valence-electron chi connectivity index (χ1n) is 13.3. The average molecular weight is 544 g/mol. The van der Waals surface area contributed by atoms with Crippen LogP contribution in [0.3, 0.4) is 0 Å². The Morgan fingerprint density at radius 3 is 2.17 bits per heavy atom. The minimum Gasteiger partial charge on any atom is -0.507 e. The summed E-state index contributed by atoms with van der Waals surface area (Å²) in [4.78, 5) is 42.9. The highest BCUT2D eigenvalue weighted by molar-refractivity contribution is 6.25. The molecule has 1 aliphatic heterocycles. The van der Waals surface area contributed by atoms with Crippen molar-refractivity contribution in [3.63, 3.8) is 0 Å². The SMILES string of the molecule is COc1ccccc1N1C(=O)[C@@H]2C3c4ccccc4C(/C=N/NC(=O)c4ccccc4O)(c4ccccc43)[C@H]2C1=O. The van der Waals surface area contributed by atoms with Crippen LogP contribution in [-0.2, 0) is 15.0 Å². The van der Waals surface area contributed by atoms with Crippen molar-refractivity contribution in [3.8, 4) is 11.5 Å². The molecule has 0 unspecified atom stereocenters. The van der Waals surface area contributed by atoms with Crippen LogP contribution in [0.2, 0.25) is 0 Å². The number of phenols is 1. The van der Waals surface area contributed by atoms with Gasteiger partial charge in [-0.3, -0.25) is 14.4 Å². The van der Waals surface area contributed by atoms with E-state index in [-0.39, 0.29) is 29.0 Å². The molecule has 4 aromatic rings. The number of methoxy groups -OCH3 is 1. The molecule has 8 heteroatoms. The van der Waals surface area contributed by atoms with E-state index in [4.69, 9.17) is 4.74 Å². The second kappa shape index (κ2) is 9.16. The number of benzene rings is 4. The smallest absolute Gasteiger partial charge is 0.275 e. The van der Waals surface area contributed by atoms with Gasteiger partial charge in [-0.2, -0.15) is 5.10 Å². The van der Waals surface area contributed by atoms with Gasteiger partial charge in [-0.05, 0) is 46.5 Å². The van der Waals surface area contributed by atoms with Crippen molar-refractivity contribution < 1.29 is 24.2 Å². The van der Waals surface area contributed by atoms with E-state index in [9.17, 15) is 19.5 Å². The zero-order valence-corrected chi connectivity index (χ0v) is 22.0. The Bertz CT molecular complexity index is 1730. The summed E-state index contributed by atoms with van der Waals surface area (Å²) < 4.78 is 5.53. The molecule has 202 valence electrons. The van der Waals surface area contributed by atoms with Gasteiger partial charge in [0.1, 0.15) is 11.5 Å². The number of anilines is 1. The first kappa shape index (κ1) is 24.8. The van der Waals surface area contributed by atoms with E-state index in [0.717, 1.165) is 22.3 Å². The summed E-state index contributed by atoms with van der Waals surface area (Å²) in [7, 11) is 1.51. The molecule has 0 spiro atoms. The summed E-state index contributed by atoms with van der Waals surface area (Å²) in [5.74, 6) is -2.80. The molecule has 0 saturated carbocycles. The number of para-hydroxylation sites is 3. The predicted octanol–water partition coefficient (Wildman–Crippen LogP) is 4.37. The highest BCUT2D eigenvalue weighted by Gasteiger charge is 2.68. The van der Waals surface area contributed by atoms with Gasteiger partial charge in [0.05, 0.1) is 35.6 Å². The molecule has 4 aromatic carbocycles. The number of hydrogen-bond donors (Lipinski definition) is 2. The predicted molar refractivity (Wildman–Crippen MR) is 152 cm³/mol. The van der Waals surface area contributed by atoms with Gasteiger partial charge in [0.15, 0.2) is 0 Å². The molecule has 3 amide bonds. The fourth-order valence-electron chi connectivity index (χ4n) is 7.02. The molecule has 1 fully saturated rings. The van der Waals surface area contributed by atoms with Crippen LogP contribution < -0.4 is 15.1 Å². The van der Waals surface area contributed by atoms with E-state index in [2.05, 4.69) is 10.5 Å². The van der Waals surface area contributed by atoms with E-state index in [1.807, 2.05) is 48.5 Å². The molecule has 1 saturated heterocycles. The highest BCUT2D eigenvalue weighted by Crippen LogP contribution is 2.63. The lowest BCUT2D eigenvalue weighted by Crippen LogP contribution is -2.54. The first-order valence-corrected chi connectivity index (χ1v) is 13.3. The Labute approximate surface area is 235 Å². The van der Waals surface area contributed by atoms with E-state index in [1.54, 1.807) is 42.6 Å². The molecular weight excluding hydrogens is 518 g/mol. The molecule has 1 heterocycles. The molecule has 4 aliphatic rings. The van der Waals surface area contributed by atoms with Gasteiger partial charge < -0.3 is 9.84 Å². The average Bonchev–Trinajstić information content (AvgIpc) is 3.27. The summed E-state index contributed by atoms with van der Waals surface area (Å²) in [5, 5.41) is 14.5. The maximum atomic E-state index is 14.5. The van der Waals surface area contributed by atoms with Crippen LogP contribution in [0.25, 0.3) is 0 Å². The molecule has 8 rings (SSSR count). The van der Waals surface area contributed by atoms with Crippen LogP contribution in [0.5, 0.6) is 11.5 Å². The van der Waals surface area contributed by atoms with E-state index in [0.29, 0.717) is 11.4 Å². The number of imide groups is 1. The van der Waals surface area contributed by atoms with Crippen LogP contribution in [0, 0.1) is 11.8 Å². The number of carbonyl (C=O) groups is 3. The minimum atomic E-state index is -1.14. The van der Waals surface area contributed by atoms with E-state index < -0.39 is 23.2 Å². The number of rotatable bonds is 5. The number of hydrogen-bond acceptors (Lipinski definition) is 6. The largest absolute Gasteiger partial charge is 0.507 e. The number of amides is 3. The number of aromatic hydroxyl groups is 1. The summed E-state index contributed by atoms with van der Waals surface area (Å²) in [6.07, 6.45) is 1.59. The zero-order chi connectivity index (χ0) is 28.3. The number of nitrogens with one attached hydrogen (secondary N) is 1. The minimum absolute atomic E-state index is 0.0719. The Balaban J connectivity index is 1.42. The summed E-state index contributed by atoms with van der Waals surface area (Å²) in [5.41, 5.74) is 5.51. The van der Waals surface area contributed by atoms with E-state index in [1.165, 1.54) is 24.1 Å². The van der Waals surface area contributed by atoms with Crippen molar-refractivity contribution in [2.45, 2.75) is 11.3 Å². The molecule has 8 nitrogen and oxygen atoms in total. The number of phenolic OH excluding ortho intramolecular Hbond substituents is 1. The Morgan fingerprint density at radius 2 is 1.49 bits per heavy atom. The lowest BCUT2D eigenvalue weighted by molar-refractivity contribution is -0.122. The monoisotopic (exact) mass is 543 g/mol. The number of hydrazone groups is 1. The third-order valence-electron chi connectivity index (χ3n) is 8.59. The molecule has 3 aliphatic carbocycles. The highest BCUT2D eigenvalue weighted by atomic mass is 16.5. The first-order chi connectivity index (χ1) is 20.0. The molecular formula is C33H25N3O5. The van der Waals surface area contributed by atoms with Crippen LogP contribution >= 0.6 is 0 Å². The zero-order valence-electron chi connectivity index (χ0n) is 22.0. The van der Waals surface area contributed by atoms with Gasteiger partial charge in [0.25, 0.3) is 5.91 Å². The van der Waals surface area contributed by atoms with Crippen molar-refractivity contribution in [3.05, 3.63) is 125 Å². The standard InChI is InChI=1S/C33H25N3O5/c1-41-26-17-9-7-15-24(26)36-31(39)28-27-19-10-2-5-13-22(19)33(29(28)32(36)40,23-14-6-3-11-20(23)27)18-34-35-30(38)21-12-4-8-16-25(21)37/h2-18,27-29,37H,1H3,(H,35,38)/b34-18+/t27?,28-,29-,33?/m1/s1. The fraction of sp³-hybridized carbons (Fsp3) is 0.152. The van der Waals surface area contributed by atoms with Crippen LogP contribution in [0.15, 0.2) is 102 Å². The Hall–Kier alpha value is -5.24. The normalized spacial score (nSPS) is 23.7. The van der Waals surface area contributed by atoms with Crippen molar-refractivity contribution in [2.24, 2.45) is 16.9 Å². The quantitative estimate of drug-likeness (QED) is 0.221. The van der Waals surface area contributed by atoms with Gasteiger partial charge in [-0.25, -0.2) is 10.3 Å². The number of carbonyl (C=O) groups excluding carboxylic acids is 3. The fourth-order valence-corrected chi connectivity index (χ4v) is 7.02. The molecule has 0 radical (unpaired) electrons. The lowest BCUT2D eigenvalue weighted by Gasteiger charge is -2.52. The number of nitrogens with zero attached hydrogens (tertiary/aromatic N) is 2. The third kappa shape index (κ3) is 3.34. The van der Waals surface area contributed by atoms with Crippen LogP contribution in [0.4, 0.5) is 5.69 Å². The van der Waals surface area contributed by atoms with E-state index >= 15 is 0 Å². The van der Waals surface area contributed by atoms with Crippen molar-refractivity contribution in [1.82, 2.24) is 5.43 Å². The molecule has 2 atom stereocenters. The lowest BCUT2D eigenvalue weighted by atomic mass is 9.47. The Morgan fingerprint density at radius 1 is 0.878 bits per heavy atom. The van der Waals surface area contributed by atoms with Crippen LogP contribution in [0.1, 0.15) is 38.5 Å². The maximum absolute atomic E-state index is 14.5. The van der Waals surface area contributed by atoms with Gasteiger partial charge in [-0.15, -0.1) is 0 Å².